The Morgan fingerprint density at radius 3 is 2.00 bits per heavy atom. The summed E-state index contributed by atoms with van der Waals surface area (Å²) in [6, 6.07) is 0. The molecule has 0 aliphatic heterocycles. The van der Waals surface area contributed by atoms with Crippen LogP contribution in [0.15, 0.2) is 0 Å². The molecule has 0 aromatic heterocycles. The molecular weight excluding hydrogens is 134 g/mol. The van der Waals surface area contributed by atoms with Crippen LogP contribution in [0.3, 0.4) is 0 Å². The average Bonchev–Trinajstić information content (AvgIpc) is 2.30. The van der Waals surface area contributed by atoms with Crippen LogP contribution in [0.5, 0.6) is 0 Å². The maximum Gasteiger partial charge on any atom is 0.0175 e. The summed E-state index contributed by atoms with van der Waals surface area (Å²) in [6.45, 7) is 2.31. The van der Waals surface area contributed by atoms with Gasteiger partial charge in [-0.15, -0.1) is 0 Å². The molecule has 66 valence electrons. The van der Waals surface area contributed by atoms with E-state index in [9.17, 15) is 0 Å². The summed E-state index contributed by atoms with van der Waals surface area (Å²) in [5, 5.41) is 3.51. The lowest BCUT2D eigenvalue weighted by Crippen LogP contribution is -2.41. The summed E-state index contributed by atoms with van der Waals surface area (Å²) in [6.07, 6.45) is 9.82. The molecule has 1 saturated carbocycles. The van der Waals surface area contributed by atoms with E-state index in [4.69, 9.17) is 0 Å². The Hall–Kier alpha value is -0.0400. The van der Waals surface area contributed by atoms with Gasteiger partial charge in [-0.1, -0.05) is 32.6 Å². The topological polar surface area (TPSA) is 12.0 Å². The predicted molar refractivity (Wildman–Crippen MR) is 49.8 cm³/mol. The van der Waals surface area contributed by atoms with E-state index in [0.29, 0.717) is 5.54 Å². The highest BCUT2D eigenvalue weighted by Gasteiger charge is 2.26. The molecule has 0 spiro atoms. The zero-order valence-corrected chi connectivity index (χ0v) is 7.95. The fourth-order valence-corrected chi connectivity index (χ4v) is 2.19. The third kappa shape index (κ3) is 2.19. The fraction of sp³-hybridized carbons (Fsp3) is 1.00. The molecule has 0 heterocycles. The molecule has 0 unspecified atom stereocenters. The first-order chi connectivity index (χ1) is 5.33. The van der Waals surface area contributed by atoms with Crippen LogP contribution in [0, 0.1) is 0 Å². The minimum absolute atomic E-state index is 0.497. The molecule has 1 aliphatic rings. The Bertz CT molecular complexity index is 95.4. The van der Waals surface area contributed by atoms with Gasteiger partial charge in [-0.05, 0) is 26.3 Å². The fourth-order valence-electron chi connectivity index (χ4n) is 2.19. The van der Waals surface area contributed by atoms with Crippen molar-refractivity contribution in [1.29, 1.82) is 0 Å². The summed E-state index contributed by atoms with van der Waals surface area (Å²) in [5.74, 6) is 0. The standard InChI is InChI=1S/C10H21N/c1-3-10(11-2)8-6-4-5-7-9-10/h11H,3-9H2,1-2H3. The molecule has 0 saturated heterocycles. The van der Waals surface area contributed by atoms with Gasteiger partial charge < -0.3 is 5.32 Å². The molecule has 0 atom stereocenters. The normalized spacial score (nSPS) is 24.5. The van der Waals surface area contributed by atoms with Crippen molar-refractivity contribution < 1.29 is 0 Å². The quantitative estimate of drug-likeness (QED) is 0.605. The van der Waals surface area contributed by atoms with Gasteiger partial charge >= 0.3 is 0 Å². The van der Waals surface area contributed by atoms with Gasteiger partial charge in [0.05, 0.1) is 0 Å². The molecule has 1 nitrogen and oxygen atoms in total. The summed E-state index contributed by atoms with van der Waals surface area (Å²) in [4.78, 5) is 0. The monoisotopic (exact) mass is 155 g/mol. The summed E-state index contributed by atoms with van der Waals surface area (Å²) in [5.41, 5.74) is 0.497. The van der Waals surface area contributed by atoms with Crippen molar-refractivity contribution in [2.75, 3.05) is 7.05 Å². The lowest BCUT2D eigenvalue weighted by atomic mass is 9.88. The summed E-state index contributed by atoms with van der Waals surface area (Å²) in [7, 11) is 2.12. The first-order valence-corrected chi connectivity index (χ1v) is 5.02. The van der Waals surface area contributed by atoms with Crippen molar-refractivity contribution in [3.8, 4) is 0 Å². The first kappa shape index (κ1) is 9.05. The molecule has 1 fully saturated rings. The SMILES string of the molecule is CCC1(NC)CCCCCC1. The Morgan fingerprint density at radius 2 is 1.64 bits per heavy atom. The van der Waals surface area contributed by atoms with E-state index in [0.717, 1.165) is 0 Å². The van der Waals surface area contributed by atoms with Crippen molar-refractivity contribution in [3.05, 3.63) is 0 Å². The third-order valence-corrected chi connectivity index (χ3v) is 3.27. The van der Waals surface area contributed by atoms with Gasteiger partial charge in [0.1, 0.15) is 0 Å². The average molecular weight is 155 g/mol. The number of rotatable bonds is 2. The molecule has 0 radical (unpaired) electrons. The second kappa shape index (κ2) is 4.10. The van der Waals surface area contributed by atoms with Crippen LogP contribution >= 0.6 is 0 Å². The van der Waals surface area contributed by atoms with Gasteiger partial charge in [0, 0.05) is 5.54 Å². The largest absolute Gasteiger partial charge is 0.314 e. The van der Waals surface area contributed by atoms with Crippen LogP contribution < -0.4 is 5.32 Å². The van der Waals surface area contributed by atoms with Crippen molar-refractivity contribution in [3.63, 3.8) is 0 Å². The lowest BCUT2D eigenvalue weighted by molar-refractivity contribution is 0.295. The zero-order chi connectivity index (χ0) is 8.16. The van der Waals surface area contributed by atoms with Crippen LogP contribution in [-0.4, -0.2) is 12.6 Å². The molecule has 1 rings (SSSR count). The Morgan fingerprint density at radius 1 is 1.09 bits per heavy atom. The third-order valence-electron chi connectivity index (χ3n) is 3.27. The van der Waals surface area contributed by atoms with Crippen molar-refractivity contribution in [2.24, 2.45) is 0 Å². The molecule has 0 amide bonds. The van der Waals surface area contributed by atoms with Crippen LogP contribution in [0.2, 0.25) is 0 Å². The second-order valence-corrected chi connectivity index (χ2v) is 3.80. The zero-order valence-electron chi connectivity index (χ0n) is 7.95. The van der Waals surface area contributed by atoms with E-state index < -0.39 is 0 Å². The van der Waals surface area contributed by atoms with Crippen LogP contribution in [0.25, 0.3) is 0 Å². The molecule has 11 heavy (non-hydrogen) atoms. The van der Waals surface area contributed by atoms with Gasteiger partial charge in [-0.3, -0.25) is 0 Å². The van der Waals surface area contributed by atoms with Crippen LogP contribution in [0.1, 0.15) is 51.9 Å². The van der Waals surface area contributed by atoms with Crippen LogP contribution in [-0.2, 0) is 0 Å². The molecule has 0 aromatic carbocycles. The smallest absolute Gasteiger partial charge is 0.0175 e. The minimum Gasteiger partial charge on any atom is -0.314 e. The highest BCUT2D eigenvalue weighted by molar-refractivity contribution is 4.86. The van der Waals surface area contributed by atoms with E-state index in [1.807, 2.05) is 0 Å². The Kier molecular flexibility index (Phi) is 3.38. The molecule has 0 aromatic rings. The molecule has 1 aliphatic carbocycles. The van der Waals surface area contributed by atoms with Gasteiger partial charge in [-0.2, -0.15) is 0 Å². The van der Waals surface area contributed by atoms with E-state index in [1.54, 1.807) is 0 Å². The molecule has 1 N–H and O–H groups in total. The second-order valence-electron chi connectivity index (χ2n) is 3.80. The summed E-state index contributed by atoms with van der Waals surface area (Å²) < 4.78 is 0. The van der Waals surface area contributed by atoms with Crippen molar-refractivity contribution in [2.45, 2.75) is 57.4 Å². The van der Waals surface area contributed by atoms with Crippen LogP contribution in [0.4, 0.5) is 0 Å². The highest BCUT2D eigenvalue weighted by Crippen LogP contribution is 2.28. The lowest BCUT2D eigenvalue weighted by Gasteiger charge is -2.31. The maximum absolute atomic E-state index is 3.51. The molecule has 1 heteroatoms. The van der Waals surface area contributed by atoms with E-state index in [1.165, 1.54) is 44.9 Å². The van der Waals surface area contributed by atoms with Gasteiger partial charge in [0.25, 0.3) is 0 Å². The molecular formula is C10H21N. The summed E-state index contributed by atoms with van der Waals surface area (Å²) >= 11 is 0. The molecule has 0 bridgehead atoms. The van der Waals surface area contributed by atoms with E-state index in [-0.39, 0.29) is 0 Å². The van der Waals surface area contributed by atoms with Gasteiger partial charge in [0.15, 0.2) is 0 Å². The maximum atomic E-state index is 3.51. The predicted octanol–water partition coefficient (Wildman–Crippen LogP) is 2.71. The minimum atomic E-state index is 0.497. The van der Waals surface area contributed by atoms with Gasteiger partial charge in [-0.25, -0.2) is 0 Å². The number of nitrogens with one attached hydrogen (secondary N) is 1. The van der Waals surface area contributed by atoms with Crippen molar-refractivity contribution in [1.82, 2.24) is 5.32 Å². The highest BCUT2D eigenvalue weighted by atomic mass is 14.9. The van der Waals surface area contributed by atoms with E-state index in [2.05, 4.69) is 19.3 Å². The Balaban J connectivity index is 2.49. The van der Waals surface area contributed by atoms with E-state index >= 15 is 0 Å². The van der Waals surface area contributed by atoms with Gasteiger partial charge in [0.2, 0.25) is 0 Å². The van der Waals surface area contributed by atoms with Crippen molar-refractivity contribution >= 4 is 0 Å². The number of hydrogen-bond donors (Lipinski definition) is 1. The number of hydrogen-bond acceptors (Lipinski definition) is 1. The first-order valence-electron chi connectivity index (χ1n) is 5.02. The Labute approximate surface area is 70.6 Å².